The first-order valence-corrected chi connectivity index (χ1v) is 8.21. The molecule has 0 fully saturated rings. The molecule has 2 aromatic carbocycles. The van der Waals surface area contributed by atoms with Crippen LogP contribution >= 0.6 is 0 Å². The third-order valence-electron chi connectivity index (χ3n) is 3.87. The lowest BCUT2D eigenvalue weighted by Crippen LogP contribution is -2.29. The Hall–Kier alpha value is -3.08. The van der Waals surface area contributed by atoms with Crippen LogP contribution < -0.4 is 10.9 Å². The lowest BCUT2D eigenvalue weighted by atomic mass is 10.1. The number of hydrogen-bond acceptors (Lipinski definition) is 3. The average molecular weight is 335 g/mol. The van der Waals surface area contributed by atoms with E-state index in [1.807, 2.05) is 49.3 Å². The van der Waals surface area contributed by atoms with Crippen LogP contribution in [0.4, 0.5) is 11.4 Å². The van der Waals surface area contributed by atoms with Crippen LogP contribution in [0.3, 0.4) is 0 Å². The van der Waals surface area contributed by atoms with Gasteiger partial charge in [0.2, 0.25) is 5.96 Å². The molecule has 1 heterocycles. The normalized spacial score (nSPS) is 11.6. The second-order valence-electron chi connectivity index (χ2n) is 5.96. The molecule has 0 saturated carbocycles. The number of aliphatic imine (C=N–C) groups is 1. The lowest BCUT2D eigenvalue weighted by Gasteiger charge is -2.18. The number of fused-ring (bicyclic) bond motifs is 1. The summed E-state index contributed by atoms with van der Waals surface area (Å²) in [5.41, 5.74) is 2.93. The van der Waals surface area contributed by atoms with Crippen LogP contribution in [0.2, 0.25) is 0 Å². The van der Waals surface area contributed by atoms with E-state index in [2.05, 4.69) is 29.4 Å². The van der Waals surface area contributed by atoms with Gasteiger partial charge < -0.3 is 14.6 Å². The second kappa shape index (κ2) is 7.21. The quantitative estimate of drug-likeness (QED) is 0.446. The highest BCUT2D eigenvalue weighted by molar-refractivity contribution is 5.98. The van der Waals surface area contributed by atoms with Gasteiger partial charge in [0.1, 0.15) is 5.69 Å². The summed E-state index contributed by atoms with van der Waals surface area (Å²) in [5, 5.41) is 4.18. The Balaban J connectivity index is 2.03. The summed E-state index contributed by atoms with van der Waals surface area (Å²) in [6.07, 6.45) is 0.971. The molecule has 0 aliphatic heterocycles. The van der Waals surface area contributed by atoms with E-state index < -0.39 is 0 Å². The maximum absolute atomic E-state index is 11.6. The summed E-state index contributed by atoms with van der Waals surface area (Å²) >= 11 is 0. The van der Waals surface area contributed by atoms with Gasteiger partial charge in [0.15, 0.2) is 5.58 Å². The number of benzene rings is 2. The molecule has 0 aliphatic carbocycles. The van der Waals surface area contributed by atoms with Gasteiger partial charge in [-0.3, -0.25) is 0 Å². The monoisotopic (exact) mass is 335 g/mol. The molecule has 0 atom stereocenters. The van der Waals surface area contributed by atoms with Gasteiger partial charge in [-0.1, -0.05) is 31.2 Å². The van der Waals surface area contributed by atoms with Gasteiger partial charge in [-0.15, -0.1) is 0 Å². The van der Waals surface area contributed by atoms with E-state index in [1.165, 1.54) is 11.6 Å². The Kier molecular flexibility index (Phi) is 4.84. The molecular formula is C20H21N3O2. The summed E-state index contributed by atoms with van der Waals surface area (Å²) in [6, 6.07) is 17.0. The number of para-hydroxylation sites is 1. The third kappa shape index (κ3) is 3.88. The van der Waals surface area contributed by atoms with Crippen LogP contribution in [0.1, 0.15) is 12.5 Å². The number of guanidine groups is 1. The Labute approximate surface area is 146 Å². The van der Waals surface area contributed by atoms with Crippen molar-refractivity contribution in [3.63, 3.8) is 0 Å². The summed E-state index contributed by atoms with van der Waals surface area (Å²) in [7, 11) is 3.83. The molecule has 0 spiro atoms. The average Bonchev–Trinajstić information content (AvgIpc) is 2.61. The highest BCUT2D eigenvalue weighted by Gasteiger charge is 2.08. The number of nitrogens with zero attached hydrogens (tertiary/aromatic N) is 2. The fraction of sp³-hybridized carbons (Fsp3) is 0.200. The predicted octanol–water partition coefficient (Wildman–Crippen LogP) is 4.02. The van der Waals surface area contributed by atoms with Crippen molar-refractivity contribution in [3.05, 3.63) is 70.6 Å². The number of anilines is 1. The van der Waals surface area contributed by atoms with Gasteiger partial charge >= 0.3 is 5.63 Å². The van der Waals surface area contributed by atoms with Gasteiger partial charge in [0.25, 0.3) is 0 Å². The van der Waals surface area contributed by atoms with E-state index in [0.29, 0.717) is 17.2 Å². The maximum atomic E-state index is 11.6. The van der Waals surface area contributed by atoms with Crippen LogP contribution in [0.5, 0.6) is 0 Å². The van der Waals surface area contributed by atoms with E-state index in [4.69, 9.17) is 4.42 Å². The van der Waals surface area contributed by atoms with Crippen molar-refractivity contribution < 1.29 is 4.42 Å². The second-order valence-corrected chi connectivity index (χ2v) is 5.96. The molecule has 1 N–H and O–H groups in total. The van der Waals surface area contributed by atoms with Crippen LogP contribution in [0.25, 0.3) is 11.0 Å². The fourth-order valence-electron chi connectivity index (χ4n) is 2.52. The Morgan fingerprint density at radius 2 is 1.92 bits per heavy atom. The maximum Gasteiger partial charge on any atom is 0.336 e. The molecule has 0 saturated heterocycles. The molecule has 0 amide bonds. The van der Waals surface area contributed by atoms with Gasteiger partial charge in [-0.2, -0.15) is 0 Å². The largest absolute Gasteiger partial charge is 0.420 e. The van der Waals surface area contributed by atoms with Crippen LogP contribution in [-0.2, 0) is 6.42 Å². The van der Waals surface area contributed by atoms with E-state index in [-0.39, 0.29) is 5.63 Å². The Bertz CT molecular complexity index is 974. The summed E-state index contributed by atoms with van der Waals surface area (Å²) < 4.78 is 5.35. The van der Waals surface area contributed by atoms with Crippen molar-refractivity contribution in [2.24, 2.45) is 4.99 Å². The summed E-state index contributed by atoms with van der Waals surface area (Å²) in [5.74, 6) is 0.659. The van der Waals surface area contributed by atoms with Gasteiger partial charge in [0, 0.05) is 31.2 Å². The van der Waals surface area contributed by atoms with Crippen molar-refractivity contribution in [2.45, 2.75) is 13.3 Å². The van der Waals surface area contributed by atoms with Crippen molar-refractivity contribution in [1.29, 1.82) is 0 Å². The van der Waals surface area contributed by atoms with E-state index in [9.17, 15) is 4.79 Å². The highest BCUT2D eigenvalue weighted by Crippen LogP contribution is 2.25. The minimum Gasteiger partial charge on any atom is -0.420 e. The summed E-state index contributed by atoms with van der Waals surface area (Å²) in [6.45, 7) is 2.12. The number of aryl methyl sites for hydroxylation is 1. The minimum atomic E-state index is -0.384. The van der Waals surface area contributed by atoms with Crippen LogP contribution in [0.15, 0.2) is 68.8 Å². The molecule has 1 aromatic heterocycles. The SMILES string of the molecule is CCc1cccc(NC(=Nc2cccc3ccc(=O)oc23)N(C)C)c1. The third-order valence-corrected chi connectivity index (χ3v) is 3.87. The highest BCUT2D eigenvalue weighted by atomic mass is 16.4. The number of rotatable bonds is 3. The van der Waals surface area contributed by atoms with Gasteiger partial charge in [0.05, 0.1) is 0 Å². The standard InChI is InChI=1S/C20H21N3O2/c1-4-14-7-5-9-16(13-14)21-20(23(2)3)22-17-10-6-8-15-11-12-18(24)25-19(15)17/h5-13H,4H2,1-3H3,(H,21,22). The molecule has 3 rings (SSSR count). The summed E-state index contributed by atoms with van der Waals surface area (Å²) in [4.78, 5) is 18.1. The van der Waals surface area contributed by atoms with Crippen molar-refractivity contribution in [3.8, 4) is 0 Å². The molecule has 3 aromatic rings. The van der Waals surface area contributed by atoms with E-state index in [0.717, 1.165) is 17.5 Å². The van der Waals surface area contributed by atoms with Crippen molar-refractivity contribution >= 4 is 28.3 Å². The van der Waals surface area contributed by atoms with Crippen LogP contribution in [-0.4, -0.2) is 25.0 Å². The van der Waals surface area contributed by atoms with Crippen molar-refractivity contribution in [2.75, 3.05) is 19.4 Å². The lowest BCUT2D eigenvalue weighted by molar-refractivity contribution is 0.561. The van der Waals surface area contributed by atoms with Crippen molar-refractivity contribution in [1.82, 2.24) is 4.90 Å². The van der Waals surface area contributed by atoms with Crippen LogP contribution in [0, 0.1) is 0 Å². The predicted molar refractivity (Wildman–Crippen MR) is 103 cm³/mol. The molecule has 0 unspecified atom stereocenters. The smallest absolute Gasteiger partial charge is 0.336 e. The Morgan fingerprint density at radius 1 is 1.12 bits per heavy atom. The van der Waals surface area contributed by atoms with E-state index in [1.54, 1.807) is 6.07 Å². The molecule has 5 heteroatoms. The minimum absolute atomic E-state index is 0.384. The first-order chi connectivity index (χ1) is 12.1. The number of nitrogens with one attached hydrogen (secondary N) is 1. The first kappa shape index (κ1) is 16.8. The Morgan fingerprint density at radius 3 is 2.68 bits per heavy atom. The zero-order chi connectivity index (χ0) is 17.8. The molecule has 5 nitrogen and oxygen atoms in total. The topological polar surface area (TPSA) is 57.8 Å². The molecular weight excluding hydrogens is 314 g/mol. The van der Waals surface area contributed by atoms with E-state index >= 15 is 0 Å². The van der Waals surface area contributed by atoms with Gasteiger partial charge in [-0.05, 0) is 36.2 Å². The molecule has 0 aliphatic rings. The number of hydrogen-bond donors (Lipinski definition) is 1. The molecule has 0 bridgehead atoms. The van der Waals surface area contributed by atoms with Gasteiger partial charge in [-0.25, -0.2) is 9.79 Å². The molecule has 0 radical (unpaired) electrons. The molecule has 128 valence electrons. The molecule has 25 heavy (non-hydrogen) atoms. The zero-order valence-electron chi connectivity index (χ0n) is 14.6. The first-order valence-electron chi connectivity index (χ1n) is 8.21. The fourth-order valence-corrected chi connectivity index (χ4v) is 2.52. The zero-order valence-corrected chi connectivity index (χ0v) is 14.6.